The highest BCUT2D eigenvalue weighted by molar-refractivity contribution is 7.91. The molecular formula is C16H16ClNO5S2. The van der Waals surface area contributed by atoms with Crippen LogP contribution in [-0.4, -0.2) is 33.2 Å². The SMILES string of the molecule is COC(=O)c1ccsc1NC(=O)CCCS(=O)(=O)c1ccc(Cl)cc1. The second-order valence-electron chi connectivity index (χ2n) is 5.08. The summed E-state index contributed by atoms with van der Waals surface area (Å²) < 4.78 is 29.0. The van der Waals surface area contributed by atoms with E-state index in [1.165, 1.54) is 42.7 Å². The van der Waals surface area contributed by atoms with Gasteiger partial charge < -0.3 is 10.1 Å². The number of methoxy groups -OCH3 is 1. The normalized spacial score (nSPS) is 11.1. The molecule has 1 N–H and O–H groups in total. The van der Waals surface area contributed by atoms with Crippen LogP contribution in [0.1, 0.15) is 23.2 Å². The molecule has 0 bridgehead atoms. The van der Waals surface area contributed by atoms with E-state index in [1.807, 2.05) is 0 Å². The number of carbonyl (C=O) groups excluding carboxylic acids is 2. The summed E-state index contributed by atoms with van der Waals surface area (Å²) in [5.74, 6) is -1.06. The molecule has 1 aromatic heterocycles. The molecule has 0 saturated heterocycles. The van der Waals surface area contributed by atoms with Gasteiger partial charge in [0.1, 0.15) is 5.00 Å². The minimum atomic E-state index is -3.47. The summed E-state index contributed by atoms with van der Waals surface area (Å²) in [4.78, 5) is 23.7. The third kappa shape index (κ3) is 5.29. The molecule has 0 aliphatic rings. The third-order valence-corrected chi connectivity index (χ3v) is 6.21. The zero-order valence-corrected chi connectivity index (χ0v) is 15.7. The van der Waals surface area contributed by atoms with Crippen LogP contribution < -0.4 is 5.32 Å². The predicted molar refractivity (Wildman–Crippen MR) is 97.0 cm³/mol. The maximum atomic E-state index is 12.2. The predicted octanol–water partition coefficient (Wildman–Crippen LogP) is 3.38. The Bertz CT molecular complexity index is 859. The summed E-state index contributed by atoms with van der Waals surface area (Å²) in [7, 11) is -2.21. The fourth-order valence-electron chi connectivity index (χ4n) is 2.05. The zero-order chi connectivity index (χ0) is 18.4. The van der Waals surface area contributed by atoms with Crippen LogP contribution in [0.4, 0.5) is 5.00 Å². The van der Waals surface area contributed by atoms with Crippen LogP contribution >= 0.6 is 22.9 Å². The Morgan fingerprint density at radius 3 is 2.52 bits per heavy atom. The number of rotatable bonds is 7. The van der Waals surface area contributed by atoms with E-state index in [2.05, 4.69) is 10.1 Å². The van der Waals surface area contributed by atoms with Crippen LogP contribution in [0.25, 0.3) is 0 Å². The van der Waals surface area contributed by atoms with Crippen LogP contribution in [0.2, 0.25) is 5.02 Å². The fraction of sp³-hybridized carbons (Fsp3) is 0.250. The molecule has 6 nitrogen and oxygen atoms in total. The van der Waals surface area contributed by atoms with Crippen molar-refractivity contribution >= 4 is 49.7 Å². The van der Waals surface area contributed by atoms with E-state index in [4.69, 9.17) is 11.6 Å². The smallest absolute Gasteiger partial charge is 0.340 e. The zero-order valence-electron chi connectivity index (χ0n) is 13.3. The van der Waals surface area contributed by atoms with E-state index in [1.54, 1.807) is 11.4 Å². The standard InChI is InChI=1S/C16H16ClNO5S2/c1-23-16(20)13-8-9-24-15(13)18-14(19)3-2-10-25(21,22)12-6-4-11(17)5-7-12/h4-9H,2-3,10H2,1H3,(H,18,19). The first-order valence-corrected chi connectivity index (χ1v) is 10.2. The van der Waals surface area contributed by atoms with Gasteiger partial charge in [-0.1, -0.05) is 11.6 Å². The van der Waals surface area contributed by atoms with Crippen molar-refractivity contribution in [1.29, 1.82) is 0 Å². The average Bonchev–Trinajstić information content (AvgIpc) is 3.02. The summed E-state index contributed by atoms with van der Waals surface area (Å²) in [6.07, 6.45) is 0.182. The van der Waals surface area contributed by atoms with Crippen molar-refractivity contribution in [2.24, 2.45) is 0 Å². The van der Waals surface area contributed by atoms with Gasteiger partial charge in [-0.05, 0) is 42.1 Å². The number of esters is 1. The highest BCUT2D eigenvalue weighted by atomic mass is 35.5. The monoisotopic (exact) mass is 401 g/mol. The number of amides is 1. The number of ether oxygens (including phenoxy) is 1. The molecule has 1 amide bonds. The van der Waals surface area contributed by atoms with Crippen LogP contribution in [-0.2, 0) is 19.4 Å². The maximum absolute atomic E-state index is 12.2. The van der Waals surface area contributed by atoms with Gasteiger partial charge in [0.25, 0.3) is 0 Å². The van der Waals surface area contributed by atoms with E-state index in [9.17, 15) is 18.0 Å². The molecule has 0 unspecified atom stereocenters. The summed E-state index contributed by atoms with van der Waals surface area (Å²) in [6, 6.07) is 7.44. The molecule has 0 fully saturated rings. The fourth-order valence-corrected chi connectivity index (χ4v) is 4.28. The maximum Gasteiger partial charge on any atom is 0.340 e. The Balaban J connectivity index is 1.89. The Hall–Kier alpha value is -1.90. The molecule has 0 radical (unpaired) electrons. The second-order valence-corrected chi connectivity index (χ2v) is 8.54. The summed E-state index contributed by atoms with van der Waals surface area (Å²) >= 11 is 6.94. The number of hydrogen-bond donors (Lipinski definition) is 1. The molecule has 0 aliphatic heterocycles. The Morgan fingerprint density at radius 1 is 1.20 bits per heavy atom. The van der Waals surface area contributed by atoms with E-state index < -0.39 is 15.8 Å². The lowest BCUT2D eigenvalue weighted by molar-refractivity contribution is -0.116. The summed E-state index contributed by atoms with van der Waals surface area (Å²) in [5.41, 5.74) is 0.273. The lowest BCUT2D eigenvalue weighted by atomic mass is 10.3. The first-order valence-electron chi connectivity index (χ1n) is 7.27. The molecule has 1 aromatic carbocycles. The number of anilines is 1. The van der Waals surface area contributed by atoms with Gasteiger partial charge in [0.15, 0.2) is 9.84 Å². The van der Waals surface area contributed by atoms with Gasteiger partial charge in [0, 0.05) is 11.4 Å². The van der Waals surface area contributed by atoms with Gasteiger partial charge in [0.05, 0.1) is 23.3 Å². The van der Waals surface area contributed by atoms with Crippen molar-refractivity contribution in [3.05, 3.63) is 46.3 Å². The van der Waals surface area contributed by atoms with Gasteiger partial charge in [-0.3, -0.25) is 4.79 Å². The van der Waals surface area contributed by atoms with Crippen LogP contribution in [0.15, 0.2) is 40.6 Å². The minimum absolute atomic E-state index is 0.0192. The number of halogens is 1. The average molecular weight is 402 g/mol. The van der Waals surface area contributed by atoms with Crippen molar-refractivity contribution < 1.29 is 22.7 Å². The number of nitrogens with one attached hydrogen (secondary N) is 1. The van der Waals surface area contributed by atoms with Gasteiger partial charge >= 0.3 is 5.97 Å². The van der Waals surface area contributed by atoms with Crippen molar-refractivity contribution in [2.75, 3.05) is 18.2 Å². The topological polar surface area (TPSA) is 89.5 Å². The van der Waals surface area contributed by atoms with Crippen LogP contribution in [0, 0.1) is 0 Å². The van der Waals surface area contributed by atoms with Gasteiger partial charge in [0.2, 0.25) is 5.91 Å². The largest absolute Gasteiger partial charge is 0.465 e. The number of sulfone groups is 1. The Kier molecular flexibility index (Phi) is 6.57. The molecule has 134 valence electrons. The number of benzene rings is 1. The number of carbonyl (C=O) groups is 2. The van der Waals surface area contributed by atoms with E-state index in [0.717, 1.165) is 0 Å². The molecule has 0 saturated carbocycles. The lowest BCUT2D eigenvalue weighted by Gasteiger charge is -2.06. The van der Waals surface area contributed by atoms with Crippen molar-refractivity contribution in [2.45, 2.75) is 17.7 Å². The Labute approximate surface area is 154 Å². The Morgan fingerprint density at radius 2 is 1.88 bits per heavy atom. The molecule has 1 heterocycles. The first-order chi connectivity index (χ1) is 11.8. The van der Waals surface area contributed by atoms with Crippen molar-refractivity contribution in [3.63, 3.8) is 0 Å². The molecule has 2 rings (SSSR count). The molecule has 2 aromatic rings. The molecule has 0 aliphatic carbocycles. The first kappa shape index (κ1) is 19.4. The van der Waals surface area contributed by atoms with E-state index in [-0.39, 0.29) is 35.0 Å². The van der Waals surface area contributed by atoms with Crippen LogP contribution in [0.3, 0.4) is 0 Å². The highest BCUT2D eigenvalue weighted by Gasteiger charge is 2.17. The van der Waals surface area contributed by atoms with E-state index in [0.29, 0.717) is 10.0 Å². The number of hydrogen-bond acceptors (Lipinski definition) is 6. The summed E-state index contributed by atoms with van der Waals surface area (Å²) in [5, 5.41) is 5.11. The molecular weight excluding hydrogens is 386 g/mol. The van der Waals surface area contributed by atoms with Gasteiger partial charge in [-0.2, -0.15) is 0 Å². The van der Waals surface area contributed by atoms with Crippen molar-refractivity contribution in [1.82, 2.24) is 0 Å². The van der Waals surface area contributed by atoms with Gasteiger partial charge in [-0.25, -0.2) is 13.2 Å². The highest BCUT2D eigenvalue weighted by Crippen LogP contribution is 2.24. The second kappa shape index (κ2) is 8.46. The summed E-state index contributed by atoms with van der Waals surface area (Å²) in [6.45, 7) is 0. The minimum Gasteiger partial charge on any atom is -0.465 e. The lowest BCUT2D eigenvalue weighted by Crippen LogP contribution is -2.15. The van der Waals surface area contributed by atoms with Crippen LogP contribution in [0.5, 0.6) is 0 Å². The van der Waals surface area contributed by atoms with Gasteiger partial charge in [-0.15, -0.1) is 11.3 Å². The molecule has 0 atom stereocenters. The molecule has 25 heavy (non-hydrogen) atoms. The van der Waals surface area contributed by atoms with E-state index >= 15 is 0 Å². The van der Waals surface area contributed by atoms with Crippen molar-refractivity contribution in [3.8, 4) is 0 Å². The third-order valence-electron chi connectivity index (χ3n) is 3.31. The molecule has 9 heteroatoms. The molecule has 0 spiro atoms. The number of thiophene rings is 1. The quantitative estimate of drug-likeness (QED) is 0.718.